The number of pyridine rings is 1. The standard InChI is InChI=1S/C17H21N3S/c1-11(12-6-2-3-7-12)19-17-14(16(18)21)10-13-8-4-5-9-15(13)20-17/h4-5,8-12H,2-3,6-7H2,1H3,(H2,18,21)(H,19,20). The Balaban J connectivity index is 1.95. The van der Waals surface area contributed by atoms with E-state index in [0.29, 0.717) is 11.0 Å². The van der Waals surface area contributed by atoms with Gasteiger partial charge in [0.15, 0.2) is 0 Å². The molecule has 1 heterocycles. The van der Waals surface area contributed by atoms with E-state index in [0.717, 1.165) is 28.2 Å². The molecule has 0 saturated heterocycles. The van der Waals surface area contributed by atoms with Crippen molar-refractivity contribution in [1.82, 2.24) is 4.98 Å². The first-order valence-electron chi connectivity index (χ1n) is 7.61. The number of nitrogens with one attached hydrogen (secondary N) is 1. The highest BCUT2D eigenvalue weighted by molar-refractivity contribution is 7.80. The fourth-order valence-electron chi connectivity index (χ4n) is 3.20. The number of nitrogens with two attached hydrogens (primary N) is 1. The van der Waals surface area contributed by atoms with Crippen LogP contribution < -0.4 is 11.1 Å². The van der Waals surface area contributed by atoms with Gasteiger partial charge < -0.3 is 11.1 Å². The molecule has 4 heteroatoms. The molecule has 3 N–H and O–H groups in total. The summed E-state index contributed by atoms with van der Waals surface area (Å²) in [7, 11) is 0. The molecule has 3 rings (SSSR count). The minimum Gasteiger partial charge on any atom is -0.389 e. The Bertz CT molecular complexity index is 662. The summed E-state index contributed by atoms with van der Waals surface area (Å²) in [5.74, 6) is 1.54. The molecule has 1 atom stereocenters. The van der Waals surface area contributed by atoms with Gasteiger partial charge in [0.2, 0.25) is 0 Å². The van der Waals surface area contributed by atoms with Gasteiger partial charge in [-0.25, -0.2) is 4.98 Å². The van der Waals surface area contributed by atoms with Gasteiger partial charge in [0.05, 0.1) is 11.1 Å². The Labute approximate surface area is 130 Å². The summed E-state index contributed by atoms with van der Waals surface area (Å²) in [5.41, 5.74) is 7.70. The highest BCUT2D eigenvalue weighted by atomic mass is 32.1. The fourth-order valence-corrected chi connectivity index (χ4v) is 3.36. The van der Waals surface area contributed by atoms with Crippen LogP contribution in [0.4, 0.5) is 5.82 Å². The SMILES string of the molecule is CC(Nc1nc2ccccc2cc1C(N)=S)C1CCCC1. The number of anilines is 1. The molecule has 0 amide bonds. The van der Waals surface area contributed by atoms with Crippen molar-refractivity contribution in [2.24, 2.45) is 11.7 Å². The van der Waals surface area contributed by atoms with E-state index in [4.69, 9.17) is 22.9 Å². The second-order valence-electron chi connectivity index (χ2n) is 5.92. The lowest BCUT2D eigenvalue weighted by atomic mass is 9.99. The molecule has 0 spiro atoms. The third-order valence-corrected chi connectivity index (χ3v) is 4.68. The molecule has 3 nitrogen and oxygen atoms in total. The second-order valence-corrected chi connectivity index (χ2v) is 6.36. The van der Waals surface area contributed by atoms with E-state index in [1.165, 1.54) is 25.7 Å². The van der Waals surface area contributed by atoms with Crippen molar-refractivity contribution in [2.45, 2.75) is 38.6 Å². The maximum absolute atomic E-state index is 5.89. The van der Waals surface area contributed by atoms with Crippen LogP contribution >= 0.6 is 12.2 Å². The number of aromatic nitrogens is 1. The third kappa shape index (κ3) is 3.00. The molecule has 0 radical (unpaired) electrons. The van der Waals surface area contributed by atoms with Crippen LogP contribution in [0.3, 0.4) is 0 Å². The van der Waals surface area contributed by atoms with Crippen LogP contribution in [0, 0.1) is 5.92 Å². The Morgan fingerprint density at radius 3 is 2.76 bits per heavy atom. The molecule has 21 heavy (non-hydrogen) atoms. The van der Waals surface area contributed by atoms with Crippen LogP contribution in [0.5, 0.6) is 0 Å². The van der Waals surface area contributed by atoms with Gasteiger partial charge in [-0.05, 0) is 37.8 Å². The Hall–Kier alpha value is -1.68. The Morgan fingerprint density at radius 1 is 1.33 bits per heavy atom. The van der Waals surface area contributed by atoms with Crippen LogP contribution in [-0.4, -0.2) is 16.0 Å². The van der Waals surface area contributed by atoms with Gasteiger partial charge in [0.1, 0.15) is 10.8 Å². The van der Waals surface area contributed by atoms with Crippen LogP contribution in [0.15, 0.2) is 30.3 Å². The zero-order valence-corrected chi connectivity index (χ0v) is 13.1. The van der Waals surface area contributed by atoms with Crippen molar-refractivity contribution in [3.05, 3.63) is 35.9 Å². The number of hydrogen-bond acceptors (Lipinski definition) is 3. The molecule has 1 aromatic carbocycles. The Kier molecular flexibility index (Phi) is 4.06. The predicted octanol–water partition coefficient (Wildman–Crippen LogP) is 3.86. The quantitative estimate of drug-likeness (QED) is 0.842. The number of para-hydroxylation sites is 1. The summed E-state index contributed by atoms with van der Waals surface area (Å²) in [6.07, 6.45) is 5.27. The monoisotopic (exact) mass is 299 g/mol. The predicted molar refractivity (Wildman–Crippen MR) is 92.7 cm³/mol. The molecule has 1 fully saturated rings. The van der Waals surface area contributed by atoms with Crippen LogP contribution in [0.2, 0.25) is 0 Å². The topological polar surface area (TPSA) is 50.9 Å². The first kappa shape index (κ1) is 14.3. The van der Waals surface area contributed by atoms with E-state index in [9.17, 15) is 0 Å². The van der Waals surface area contributed by atoms with E-state index < -0.39 is 0 Å². The first-order chi connectivity index (χ1) is 10.1. The molecule has 2 aromatic rings. The summed E-state index contributed by atoms with van der Waals surface area (Å²) in [5, 5.41) is 4.62. The zero-order chi connectivity index (χ0) is 14.8. The van der Waals surface area contributed by atoms with Crippen LogP contribution in [0.25, 0.3) is 10.9 Å². The van der Waals surface area contributed by atoms with Gasteiger partial charge in [-0.1, -0.05) is 43.3 Å². The molecular weight excluding hydrogens is 278 g/mol. The lowest BCUT2D eigenvalue weighted by molar-refractivity contribution is 0.481. The van der Waals surface area contributed by atoms with E-state index >= 15 is 0 Å². The summed E-state index contributed by atoms with van der Waals surface area (Å²) in [6, 6.07) is 10.5. The van der Waals surface area contributed by atoms with E-state index in [1.807, 2.05) is 30.3 Å². The summed E-state index contributed by atoms with van der Waals surface area (Å²) in [4.78, 5) is 5.13. The number of fused-ring (bicyclic) bond motifs is 1. The van der Waals surface area contributed by atoms with E-state index in [-0.39, 0.29) is 0 Å². The number of rotatable bonds is 4. The Morgan fingerprint density at radius 2 is 2.05 bits per heavy atom. The highest BCUT2D eigenvalue weighted by Crippen LogP contribution is 2.30. The maximum atomic E-state index is 5.89. The van der Waals surface area contributed by atoms with E-state index in [1.54, 1.807) is 0 Å². The molecule has 1 unspecified atom stereocenters. The minimum absolute atomic E-state index is 0.397. The van der Waals surface area contributed by atoms with Crippen molar-refractivity contribution in [2.75, 3.05) is 5.32 Å². The van der Waals surface area contributed by atoms with Gasteiger partial charge in [0, 0.05) is 11.4 Å². The third-order valence-electron chi connectivity index (χ3n) is 4.46. The summed E-state index contributed by atoms with van der Waals surface area (Å²) in [6.45, 7) is 2.23. The number of hydrogen-bond donors (Lipinski definition) is 2. The molecule has 1 saturated carbocycles. The van der Waals surface area contributed by atoms with Crippen molar-refractivity contribution in [1.29, 1.82) is 0 Å². The fraction of sp³-hybridized carbons (Fsp3) is 0.412. The normalized spacial score (nSPS) is 17.0. The number of thiocarbonyl (C=S) groups is 1. The summed E-state index contributed by atoms with van der Waals surface area (Å²) < 4.78 is 0. The van der Waals surface area contributed by atoms with Crippen molar-refractivity contribution >= 4 is 33.9 Å². The minimum atomic E-state index is 0.397. The lowest BCUT2D eigenvalue weighted by Gasteiger charge is -2.22. The maximum Gasteiger partial charge on any atom is 0.137 e. The number of nitrogens with zero attached hydrogens (tertiary/aromatic N) is 1. The molecule has 0 aliphatic heterocycles. The van der Waals surface area contributed by atoms with Gasteiger partial charge in [-0.2, -0.15) is 0 Å². The largest absolute Gasteiger partial charge is 0.389 e. The molecule has 1 aliphatic rings. The van der Waals surface area contributed by atoms with Crippen molar-refractivity contribution in [3.8, 4) is 0 Å². The summed E-state index contributed by atoms with van der Waals surface area (Å²) >= 11 is 5.20. The van der Waals surface area contributed by atoms with Gasteiger partial charge >= 0.3 is 0 Å². The molecule has 1 aromatic heterocycles. The molecular formula is C17H21N3S. The molecule has 1 aliphatic carbocycles. The zero-order valence-electron chi connectivity index (χ0n) is 12.3. The van der Waals surface area contributed by atoms with Crippen molar-refractivity contribution < 1.29 is 0 Å². The average molecular weight is 299 g/mol. The smallest absolute Gasteiger partial charge is 0.137 e. The average Bonchev–Trinajstić information content (AvgIpc) is 3.00. The molecule has 110 valence electrons. The highest BCUT2D eigenvalue weighted by Gasteiger charge is 2.22. The first-order valence-corrected chi connectivity index (χ1v) is 8.02. The second kappa shape index (κ2) is 5.98. The van der Waals surface area contributed by atoms with Gasteiger partial charge in [0.25, 0.3) is 0 Å². The number of benzene rings is 1. The van der Waals surface area contributed by atoms with Gasteiger partial charge in [-0.15, -0.1) is 0 Å². The van der Waals surface area contributed by atoms with Gasteiger partial charge in [-0.3, -0.25) is 0 Å². The lowest BCUT2D eigenvalue weighted by Crippen LogP contribution is -2.26. The van der Waals surface area contributed by atoms with Crippen LogP contribution in [0.1, 0.15) is 38.2 Å². The molecule has 0 bridgehead atoms. The van der Waals surface area contributed by atoms with Crippen molar-refractivity contribution in [3.63, 3.8) is 0 Å². The van der Waals surface area contributed by atoms with E-state index in [2.05, 4.69) is 12.2 Å². The van der Waals surface area contributed by atoms with Crippen LogP contribution in [-0.2, 0) is 0 Å².